The van der Waals surface area contributed by atoms with Crippen molar-refractivity contribution in [2.24, 2.45) is 0 Å². The van der Waals surface area contributed by atoms with E-state index in [0.717, 1.165) is 52.2 Å². The number of nitrogens with zero attached hydrogens (tertiary/aromatic N) is 2. The molecule has 6 nitrogen and oxygen atoms in total. The van der Waals surface area contributed by atoms with Gasteiger partial charge in [-0.25, -0.2) is 0 Å². The topological polar surface area (TPSA) is 51.2 Å². The van der Waals surface area contributed by atoms with E-state index in [1.165, 1.54) is 0 Å². The van der Waals surface area contributed by atoms with Crippen LogP contribution in [0.5, 0.6) is 0 Å². The van der Waals surface area contributed by atoms with E-state index in [1.807, 2.05) is 4.90 Å². The molecule has 0 aromatic carbocycles. The molecule has 6 heteroatoms. The van der Waals surface area contributed by atoms with E-state index in [0.29, 0.717) is 19.8 Å². The Hall–Kier alpha value is -0.690. The molecule has 0 aromatic heterocycles. The Bertz CT molecular complexity index is 315. The molecule has 3 heterocycles. The first-order valence-corrected chi connectivity index (χ1v) is 7.13. The largest absolute Gasteiger partial charge is 0.379 e. The molecule has 1 spiro atoms. The van der Waals surface area contributed by atoms with Crippen molar-refractivity contribution in [2.45, 2.75) is 18.6 Å². The van der Waals surface area contributed by atoms with Gasteiger partial charge in [0.15, 0.2) is 5.79 Å². The number of hydrogen-bond donors (Lipinski definition) is 0. The summed E-state index contributed by atoms with van der Waals surface area (Å²) in [5.74, 6) is -0.176. The van der Waals surface area contributed by atoms with Crippen LogP contribution < -0.4 is 0 Å². The lowest BCUT2D eigenvalue weighted by Crippen LogP contribution is -2.51. The number of morpholine rings is 1. The highest BCUT2D eigenvalue weighted by atomic mass is 16.7. The zero-order chi connectivity index (χ0) is 13.1. The van der Waals surface area contributed by atoms with Crippen molar-refractivity contribution in [3.63, 3.8) is 0 Å². The van der Waals surface area contributed by atoms with E-state index in [-0.39, 0.29) is 5.91 Å². The molecule has 0 aliphatic carbocycles. The molecule has 3 rings (SSSR count). The van der Waals surface area contributed by atoms with Crippen molar-refractivity contribution >= 4 is 5.91 Å². The summed E-state index contributed by atoms with van der Waals surface area (Å²) in [7, 11) is 0. The van der Waals surface area contributed by atoms with Gasteiger partial charge in [-0.3, -0.25) is 9.69 Å². The lowest BCUT2D eigenvalue weighted by Gasteiger charge is -2.38. The van der Waals surface area contributed by atoms with Crippen LogP contribution in [-0.4, -0.2) is 80.6 Å². The van der Waals surface area contributed by atoms with Crippen LogP contribution in [0.1, 0.15) is 12.8 Å². The van der Waals surface area contributed by atoms with Crippen LogP contribution in [0.4, 0.5) is 0 Å². The van der Waals surface area contributed by atoms with E-state index < -0.39 is 5.79 Å². The summed E-state index contributed by atoms with van der Waals surface area (Å²) in [6.45, 7) is 6.54. The van der Waals surface area contributed by atoms with Crippen molar-refractivity contribution in [1.82, 2.24) is 9.80 Å². The van der Waals surface area contributed by atoms with Gasteiger partial charge in [-0.05, 0) is 0 Å². The van der Waals surface area contributed by atoms with Gasteiger partial charge in [-0.2, -0.15) is 0 Å². The molecule has 0 N–H and O–H groups in total. The van der Waals surface area contributed by atoms with E-state index in [4.69, 9.17) is 14.2 Å². The van der Waals surface area contributed by atoms with Crippen molar-refractivity contribution < 1.29 is 19.0 Å². The average molecular weight is 270 g/mol. The standard InChI is InChI=1S/C13H22N2O4/c16-12(11-14-5-7-17-8-6-14)15-3-1-13(2-4-15)18-9-10-19-13/h1-11H2. The van der Waals surface area contributed by atoms with Crippen LogP contribution in [0.2, 0.25) is 0 Å². The maximum atomic E-state index is 12.2. The van der Waals surface area contributed by atoms with E-state index in [9.17, 15) is 4.79 Å². The van der Waals surface area contributed by atoms with Gasteiger partial charge in [-0.15, -0.1) is 0 Å². The van der Waals surface area contributed by atoms with Crippen molar-refractivity contribution in [3.8, 4) is 0 Å². The highest BCUT2D eigenvalue weighted by molar-refractivity contribution is 5.78. The van der Waals surface area contributed by atoms with E-state index in [2.05, 4.69) is 4.90 Å². The molecule has 1 amide bonds. The summed E-state index contributed by atoms with van der Waals surface area (Å²) < 4.78 is 16.6. The molecule has 0 atom stereocenters. The lowest BCUT2D eigenvalue weighted by atomic mass is 10.0. The van der Waals surface area contributed by atoms with Gasteiger partial charge in [0.2, 0.25) is 5.91 Å². The molecule has 0 unspecified atom stereocenters. The predicted octanol–water partition coefficient (Wildman–Crippen LogP) is -0.316. The number of carbonyl (C=O) groups is 1. The van der Waals surface area contributed by atoms with Crippen LogP contribution >= 0.6 is 0 Å². The second-order valence-electron chi connectivity index (χ2n) is 5.38. The monoisotopic (exact) mass is 270 g/mol. The van der Waals surface area contributed by atoms with Gasteiger partial charge in [0.1, 0.15) is 0 Å². The summed E-state index contributed by atoms with van der Waals surface area (Å²) in [6, 6.07) is 0. The molecule has 0 bridgehead atoms. The Kier molecular flexibility index (Phi) is 4.02. The number of likely N-dealkylation sites (tertiary alicyclic amines) is 1. The fraction of sp³-hybridized carbons (Fsp3) is 0.923. The molecule has 3 fully saturated rings. The van der Waals surface area contributed by atoms with Gasteiger partial charge in [0.05, 0.1) is 33.0 Å². The molecular formula is C13H22N2O4. The smallest absolute Gasteiger partial charge is 0.236 e. The minimum Gasteiger partial charge on any atom is -0.379 e. The average Bonchev–Trinajstić information content (AvgIpc) is 2.89. The third-order valence-corrected chi connectivity index (χ3v) is 4.15. The van der Waals surface area contributed by atoms with Gasteiger partial charge >= 0.3 is 0 Å². The second-order valence-corrected chi connectivity index (χ2v) is 5.38. The summed E-state index contributed by atoms with van der Waals surface area (Å²) in [4.78, 5) is 16.3. The van der Waals surface area contributed by atoms with E-state index in [1.54, 1.807) is 0 Å². The van der Waals surface area contributed by atoms with Gasteiger partial charge in [-0.1, -0.05) is 0 Å². The summed E-state index contributed by atoms with van der Waals surface area (Å²) in [5, 5.41) is 0. The normalized spacial score (nSPS) is 27.9. The van der Waals surface area contributed by atoms with Crippen molar-refractivity contribution in [3.05, 3.63) is 0 Å². The first-order valence-electron chi connectivity index (χ1n) is 7.13. The third kappa shape index (κ3) is 3.08. The number of amides is 1. The number of rotatable bonds is 2. The predicted molar refractivity (Wildman–Crippen MR) is 67.7 cm³/mol. The summed E-state index contributed by atoms with van der Waals surface area (Å²) in [6.07, 6.45) is 1.59. The molecule has 3 aliphatic rings. The number of carbonyl (C=O) groups excluding carboxylic acids is 1. The van der Waals surface area contributed by atoms with Crippen LogP contribution in [0.15, 0.2) is 0 Å². The fourth-order valence-corrected chi connectivity index (χ4v) is 2.93. The molecule has 108 valence electrons. The van der Waals surface area contributed by atoms with E-state index >= 15 is 0 Å². The SMILES string of the molecule is O=C(CN1CCOCC1)N1CCC2(CC1)OCCO2. The quantitative estimate of drug-likeness (QED) is 0.688. The molecule has 3 saturated heterocycles. The third-order valence-electron chi connectivity index (χ3n) is 4.15. The Morgan fingerprint density at radius 2 is 1.58 bits per heavy atom. The first-order chi connectivity index (χ1) is 9.27. The maximum Gasteiger partial charge on any atom is 0.236 e. The van der Waals surface area contributed by atoms with Crippen LogP contribution in [0, 0.1) is 0 Å². The molecule has 0 radical (unpaired) electrons. The van der Waals surface area contributed by atoms with Crippen molar-refractivity contribution in [2.75, 3.05) is 59.2 Å². The summed E-state index contributed by atoms with van der Waals surface area (Å²) in [5.41, 5.74) is 0. The van der Waals surface area contributed by atoms with Crippen molar-refractivity contribution in [1.29, 1.82) is 0 Å². The summed E-state index contributed by atoms with van der Waals surface area (Å²) >= 11 is 0. The van der Waals surface area contributed by atoms with Gasteiger partial charge in [0.25, 0.3) is 0 Å². The lowest BCUT2D eigenvalue weighted by molar-refractivity contribution is -0.187. The molecule has 3 aliphatic heterocycles. The van der Waals surface area contributed by atoms with Gasteiger partial charge in [0, 0.05) is 39.0 Å². The van der Waals surface area contributed by atoms with Crippen LogP contribution in [-0.2, 0) is 19.0 Å². The maximum absolute atomic E-state index is 12.2. The zero-order valence-corrected chi connectivity index (χ0v) is 11.3. The Labute approximate surface area is 113 Å². The fourth-order valence-electron chi connectivity index (χ4n) is 2.93. The Morgan fingerprint density at radius 3 is 2.21 bits per heavy atom. The zero-order valence-electron chi connectivity index (χ0n) is 11.3. The first kappa shape index (κ1) is 13.3. The number of piperidine rings is 1. The minimum absolute atomic E-state index is 0.217. The molecule has 0 aromatic rings. The van der Waals surface area contributed by atoms with Gasteiger partial charge < -0.3 is 19.1 Å². The van der Waals surface area contributed by atoms with Crippen LogP contribution in [0.25, 0.3) is 0 Å². The second kappa shape index (κ2) is 5.75. The number of ether oxygens (including phenoxy) is 3. The number of hydrogen-bond acceptors (Lipinski definition) is 5. The Morgan fingerprint density at radius 1 is 0.947 bits per heavy atom. The molecule has 19 heavy (non-hydrogen) atoms. The molecule has 0 saturated carbocycles. The minimum atomic E-state index is -0.393. The Balaban J connectivity index is 1.46. The highest BCUT2D eigenvalue weighted by Crippen LogP contribution is 2.31. The highest BCUT2D eigenvalue weighted by Gasteiger charge is 2.40. The molecular weight excluding hydrogens is 248 g/mol. The van der Waals surface area contributed by atoms with Crippen LogP contribution in [0.3, 0.4) is 0 Å².